The minimum absolute atomic E-state index is 0.102. The van der Waals surface area contributed by atoms with Crippen LogP contribution in [0.2, 0.25) is 5.02 Å². The zero-order chi connectivity index (χ0) is 23.9. The fourth-order valence-electron chi connectivity index (χ4n) is 3.70. The van der Waals surface area contributed by atoms with E-state index in [0.29, 0.717) is 35.2 Å². The van der Waals surface area contributed by atoms with Crippen molar-refractivity contribution in [2.24, 2.45) is 5.92 Å². The molecule has 1 fully saturated rings. The van der Waals surface area contributed by atoms with Gasteiger partial charge in [0, 0.05) is 35.9 Å². The molecule has 2 N–H and O–H groups in total. The normalized spacial score (nSPS) is 15.1. The summed E-state index contributed by atoms with van der Waals surface area (Å²) >= 11 is 5.91. The van der Waals surface area contributed by atoms with Crippen LogP contribution in [0.5, 0.6) is 5.75 Å². The molecule has 0 aliphatic carbocycles. The number of benzene rings is 3. The fraction of sp³-hybridized carbons (Fsp3) is 0.192. The first-order valence-electron chi connectivity index (χ1n) is 10.9. The molecule has 3 aromatic carbocycles. The number of nitrogens with zero attached hydrogens (tertiary/aromatic N) is 1. The van der Waals surface area contributed by atoms with Crippen molar-refractivity contribution in [2.45, 2.75) is 13.0 Å². The zero-order valence-corrected chi connectivity index (χ0v) is 19.1. The van der Waals surface area contributed by atoms with Gasteiger partial charge in [-0.2, -0.15) is 0 Å². The van der Waals surface area contributed by atoms with E-state index in [1.807, 2.05) is 30.3 Å². The van der Waals surface area contributed by atoms with Gasteiger partial charge in [0.2, 0.25) is 11.8 Å². The number of anilines is 2. The number of carbonyl (C=O) groups is 3. The SMILES string of the molecule is O=C(COc1ccc(N2CC(C(=O)NCc3ccccc3)CC2=O)cc1)Nc1cccc(Cl)c1. The van der Waals surface area contributed by atoms with Crippen LogP contribution in [0, 0.1) is 5.92 Å². The molecule has 1 aliphatic heterocycles. The molecule has 1 aliphatic rings. The molecule has 8 heteroatoms. The lowest BCUT2D eigenvalue weighted by molar-refractivity contribution is -0.126. The monoisotopic (exact) mass is 477 g/mol. The Labute approximate surface area is 202 Å². The number of hydrogen-bond acceptors (Lipinski definition) is 4. The summed E-state index contributed by atoms with van der Waals surface area (Å²) in [6.45, 7) is 0.584. The molecule has 174 valence electrons. The van der Waals surface area contributed by atoms with Gasteiger partial charge < -0.3 is 20.3 Å². The number of amides is 3. The van der Waals surface area contributed by atoms with Crippen LogP contribution in [0.15, 0.2) is 78.9 Å². The first-order chi connectivity index (χ1) is 16.5. The van der Waals surface area contributed by atoms with Crippen LogP contribution >= 0.6 is 11.6 Å². The second-order valence-electron chi connectivity index (χ2n) is 7.95. The molecular formula is C26H24ClN3O4. The van der Waals surface area contributed by atoms with Gasteiger partial charge in [-0.15, -0.1) is 0 Å². The molecule has 1 unspecified atom stereocenters. The van der Waals surface area contributed by atoms with Crippen molar-refractivity contribution in [3.05, 3.63) is 89.4 Å². The van der Waals surface area contributed by atoms with Gasteiger partial charge in [-0.25, -0.2) is 0 Å². The largest absolute Gasteiger partial charge is 0.484 e. The molecule has 0 aromatic heterocycles. The lowest BCUT2D eigenvalue weighted by Crippen LogP contribution is -2.32. The molecule has 1 heterocycles. The van der Waals surface area contributed by atoms with E-state index in [1.54, 1.807) is 53.4 Å². The molecule has 0 bridgehead atoms. The summed E-state index contributed by atoms with van der Waals surface area (Å²) in [6.07, 6.45) is 0.169. The second kappa shape index (κ2) is 10.9. The summed E-state index contributed by atoms with van der Waals surface area (Å²) in [4.78, 5) is 38.7. The highest BCUT2D eigenvalue weighted by Crippen LogP contribution is 2.27. The third-order valence-corrected chi connectivity index (χ3v) is 5.67. The Morgan fingerprint density at radius 2 is 1.76 bits per heavy atom. The van der Waals surface area contributed by atoms with Crippen molar-refractivity contribution in [1.29, 1.82) is 0 Å². The van der Waals surface area contributed by atoms with E-state index in [9.17, 15) is 14.4 Å². The van der Waals surface area contributed by atoms with Crippen LogP contribution in [-0.2, 0) is 20.9 Å². The molecule has 1 atom stereocenters. The Balaban J connectivity index is 1.27. The van der Waals surface area contributed by atoms with Gasteiger partial charge in [0.25, 0.3) is 5.91 Å². The van der Waals surface area contributed by atoms with E-state index in [-0.39, 0.29) is 30.7 Å². The van der Waals surface area contributed by atoms with E-state index in [4.69, 9.17) is 16.3 Å². The summed E-state index contributed by atoms with van der Waals surface area (Å²) in [6, 6.07) is 23.4. The topological polar surface area (TPSA) is 87.7 Å². The Kier molecular flexibility index (Phi) is 7.44. The standard InChI is InChI=1S/C26H24ClN3O4/c27-20-7-4-8-21(14-20)29-24(31)17-34-23-11-9-22(10-12-23)30-16-19(13-25(30)32)26(33)28-15-18-5-2-1-3-6-18/h1-12,14,19H,13,15-17H2,(H,28,33)(H,29,31). The van der Waals surface area contributed by atoms with Crippen LogP contribution in [0.4, 0.5) is 11.4 Å². The minimum atomic E-state index is -0.401. The average molecular weight is 478 g/mol. The van der Waals surface area contributed by atoms with Gasteiger partial charge in [-0.3, -0.25) is 14.4 Å². The average Bonchev–Trinajstić information content (AvgIpc) is 3.24. The van der Waals surface area contributed by atoms with Gasteiger partial charge in [0.05, 0.1) is 5.92 Å². The minimum Gasteiger partial charge on any atom is -0.484 e. The van der Waals surface area contributed by atoms with Gasteiger partial charge in [-0.1, -0.05) is 48.0 Å². The van der Waals surface area contributed by atoms with Crippen LogP contribution in [-0.4, -0.2) is 30.9 Å². The molecule has 3 aromatic rings. The predicted molar refractivity (Wildman–Crippen MR) is 131 cm³/mol. The van der Waals surface area contributed by atoms with Crippen molar-refractivity contribution in [3.63, 3.8) is 0 Å². The number of halogens is 1. The van der Waals surface area contributed by atoms with Crippen LogP contribution in [0.1, 0.15) is 12.0 Å². The number of ether oxygens (including phenoxy) is 1. The molecule has 1 saturated heterocycles. The third kappa shape index (κ3) is 6.14. The Hall–Kier alpha value is -3.84. The van der Waals surface area contributed by atoms with Crippen molar-refractivity contribution in [3.8, 4) is 5.75 Å². The number of rotatable bonds is 8. The Morgan fingerprint density at radius 1 is 1.00 bits per heavy atom. The van der Waals surface area contributed by atoms with Crippen LogP contribution in [0.3, 0.4) is 0 Å². The summed E-state index contributed by atoms with van der Waals surface area (Å²) < 4.78 is 5.54. The third-order valence-electron chi connectivity index (χ3n) is 5.43. The molecular weight excluding hydrogens is 454 g/mol. The van der Waals surface area contributed by atoms with Crippen LogP contribution < -0.4 is 20.3 Å². The molecule has 0 spiro atoms. The lowest BCUT2D eigenvalue weighted by Gasteiger charge is -2.17. The summed E-state index contributed by atoms with van der Waals surface area (Å²) in [5.74, 6) is -0.457. The maximum Gasteiger partial charge on any atom is 0.262 e. The maximum absolute atomic E-state index is 12.5. The highest BCUT2D eigenvalue weighted by Gasteiger charge is 2.35. The van der Waals surface area contributed by atoms with Crippen molar-refractivity contribution < 1.29 is 19.1 Å². The molecule has 34 heavy (non-hydrogen) atoms. The molecule has 7 nitrogen and oxygen atoms in total. The zero-order valence-electron chi connectivity index (χ0n) is 18.4. The first kappa shape index (κ1) is 23.3. The van der Waals surface area contributed by atoms with E-state index < -0.39 is 5.92 Å². The van der Waals surface area contributed by atoms with E-state index in [1.165, 1.54) is 0 Å². The van der Waals surface area contributed by atoms with Crippen LogP contribution in [0.25, 0.3) is 0 Å². The van der Waals surface area contributed by atoms with E-state index >= 15 is 0 Å². The van der Waals surface area contributed by atoms with E-state index in [0.717, 1.165) is 5.56 Å². The number of carbonyl (C=O) groups excluding carboxylic acids is 3. The Bertz CT molecular complexity index is 1170. The maximum atomic E-state index is 12.5. The summed E-state index contributed by atoms with van der Waals surface area (Å²) in [5.41, 5.74) is 2.28. The number of nitrogens with one attached hydrogen (secondary N) is 2. The fourth-order valence-corrected chi connectivity index (χ4v) is 3.89. The molecule has 3 amide bonds. The van der Waals surface area contributed by atoms with Gasteiger partial charge >= 0.3 is 0 Å². The first-order valence-corrected chi connectivity index (χ1v) is 11.3. The van der Waals surface area contributed by atoms with Gasteiger partial charge in [0.1, 0.15) is 5.75 Å². The highest BCUT2D eigenvalue weighted by atomic mass is 35.5. The quantitative estimate of drug-likeness (QED) is 0.513. The highest BCUT2D eigenvalue weighted by molar-refractivity contribution is 6.30. The van der Waals surface area contributed by atoms with E-state index in [2.05, 4.69) is 10.6 Å². The molecule has 0 saturated carbocycles. The summed E-state index contributed by atoms with van der Waals surface area (Å²) in [5, 5.41) is 6.15. The molecule has 0 radical (unpaired) electrons. The lowest BCUT2D eigenvalue weighted by atomic mass is 10.1. The second-order valence-corrected chi connectivity index (χ2v) is 8.39. The number of hydrogen-bond donors (Lipinski definition) is 2. The molecule has 4 rings (SSSR count). The van der Waals surface area contributed by atoms with Crippen molar-refractivity contribution >= 4 is 40.7 Å². The van der Waals surface area contributed by atoms with Crippen molar-refractivity contribution in [1.82, 2.24) is 5.32 Å². The van der Waals surface area contributed by atoms with Crippen molar-refractivity contribution in [2.75, 3.05) is 23.4 Å². The smallest absolute Gasteiger partial charge is 0.262 e. The summed E-state index contributed by atoms with van der Waals surface area (Å²) in [7, 11) is 0. The van der Waals surface area contributed by atoms with Gasteiger partial charge in [0.15, 0.2) is 6.61 Å². The predicted octanol–water partition coefficient (Wildman–Crippen LogP) is 4.03. The Morgan fingerprint density at radius 3 is 2.50 bits per heavy atom. The van der Waals surface area contributed by atoms with Gasteiger partial charge in [-0.05, 0) is 48.0 Å².